The zero-order valence-corrected chi connectivity index (χ0v) is 10.6. The third kappa shape index (κ3) is 3.80. The number of rotatable bonds is 6. The number of halogens is 3. The number of carbonyl (C=O) groups is 1. The number of nitrogens with one attached hydrogen (secondary N) is 1. The predicted molar refractivity (Wildman–Crippen MR) is 63.8 cm³/mol. The summed E-state index contributed by atoms with van der Waals surface area (Å²) in [5.74, 6) is -2.27. The summed E-state index contributed by atoms with van der Waals surface area (Å²) in [5, 5.41) is 38.4. The molecule has 0 unspecified atom stereocenters. The van der Waals surface area contributed by atoms with E-state index in [0.717, 1.165) is 0 Å². The minimum Gasteiger partial charge on any atom is -0.478 e. The van der Waals surface area contributed by atoms with Crippen molar-refractivity contribution in [1.82, 2.24) is 4.98 Å². The Balaban J connectivity index is 3.33. The third-order valence-corrected chi connectivity index (χ3v) is 2.71. The van der Waals surface area contributed by atoms with Crippen LogP contribution >= 0.6 is 0 Å². The highest BCUT2D eigenvalue weighted by molar-refractivity contribution is 5.93. The van der Waals surface area contributed by atoms with Gasteiger partial charge < -0.3 is 25.7 Å². The Bertz CT molecular complexity index is 509. The molecule has 0 aliphatic carbocycles. The zero-order valence-electron chi connectivity index (χ0n) is 10.6. The number of hydrogen-bond donors (Lipinski definition) is 5. The first-order valence-corrected chi connectivity index (χ1v) is 5.61. The van der Waals surface area contributed by atoms with Crippen LogP contribution in [0.2, 0.25) is 0 Å². The zero-order chi connectivity index (χ0) is 16.3. The van der Waals surface area contributed by atoms with Crippen molar-refractivity contribution >= 4 is 11.8 Å². The molecule has 10 heteroatoms. The second-order valence-corrected chi connectivity index (χ2v) is 4.28. The van der Waals surface area contributed by atoms with Gasteiger partial charge in [0.05, 0.1) is 19.8 Å². The lowest BCUT2D eigenvalue weighted by Gasteiger charge is -2.30. The number of aliphatic hydroxyl groups is 3. The van der Waals surface area contributed by atoms with Gasteiger partial charge >= 0.3 is 12.1 Å². The Morgan fingerprint density at radius 1 is 1.14 bits per heavy atom. The van der Waals surface area contributed by atoms with E-state index in [0.29, 0.717) is 12.1 Å². The van der Waals surface area contributed by atoms with Crippen molar-refractivity contribution in [2.75, 3.05) is 25.1 Å². The quantitative estimate of drug-likeness (QED) is 0.498. The lowest BCUT2D eigenvalue weighted by molar-refractivity contribution is -0.141. The van der Waals surface area contributed by atoms with Gasteiger partial charge in [-0.15, -0.1) is 0 Å². The molecule has 5 N–H and O–H groups in total. The Hall–Kier alpha value is -1.91. The number of aromatic nitrogens is 1. The van der Waals surface area contributed by atoms with Gasteiger partial charge in [-0.3, -0.25) is 0 Å². The normalized spacial score (nSPS) is 12.3. The van der Waals surface area contributed by atoms with Gasteiger partial charge in [-0.05, 0) is 12.1 Å². The highest BCUT2D eigenvalue weighted by atomic mass is 19.4. The number of alkyl halides is 3. The fourth-order valence-corrected chi connectivity index (χ4v) is 1.40. The van der Waals surface area contributed by atoms with Crippen molar-refractivity contribution in [2.24, 2.45) is 0 Å². The van der Waals surface area contributed by atoms with E-state index in [1.807, 2.05) is 0 Å². The topological polar surface area (TPSA) is 123 Å². The Kier molecular flexibility index (Phi) is 5.10. The van der Waals surface area contributed by atoms with E-state index >= 15 is 0 Å². The number of aliphatic hydroxyl groups excluding tert-OH is 3. The van der Waals surface area contributed by atoms with Crippen molar-refractivity contribution < 1.29 is 38.4 Å². The molecule has 1 aromatic heterocycles. The molecule has 7 nitrogen and oxygen atoms in total. The van der Waals surface area contributed by atoms with E-state index in [2.05, 4.69) is 10.3 Å². The monoisotopic (exact) mass is 310 g/mol. The fraction of sp³-hybridized carbons (Fsp3) is 0.455. The lowest BCUT2D eigenvalue weighted by Crippen LogP contribution is -2.49. The average Bonchev–Trinajstić information content (AvgIpc) is 2.43. The van der Waals surface area contributed by atoms with E-state index in [-0.39, 0.29) is 0 Å². The molecular formula is C11H13F3N2O5. The second-order valence-electron chi connectivity index (χ2n) is 4.28. The van der Waals surface area contributed by atoms with Crippen LogP contribution in [0.1, 0.15) is 16.1 Å². The number of anilines is 1. The molecule has 0 amide bonds. The SMILES string of the molecule is O=C(O)c1ccc(C(F)(F)F)nc1NC(CO)(CO)CO. The molecule has 0 fully saturated rings. The van der Waals surface area contributed by atoms with Gasteiger partial charge in [0.15, 0.2) is 0 Å². The summed E-state index contributed by atoms with van der Waals surface area (Å²) in [4.78, 5) is 14.1. The molecule has 0 radical (unpaired) electrons. The van der Waals surface area contributed by atoms with Crippen LogP contribution in [0.25, 0.3) is 0 Å². The first-order chi connectivity index (χ1) is 9.69. The number of hydrogen-bond acceptors (Lipinski definition) is 6. The van der Waals surface area contributed by atoms with Crippen LogP contribution in [-0.2, 0) is 6.18 Å². The molecule has 0 bridgehead atoms. The first kappa shape index (κ1) is 17.1. The second kappa shape index (κ2) is 6.24. The van der Waals surface area contributed by atoms with Crippen molar-refractivity contribution in [1.29, 1.82) is 0 Å². The standard InChI is InChI=1S/C11H13F3N2O5/c12-11(13,14)7-2-1-6(9(20)21)8(15-7)16-10(3-17,4-18)5-19/h1-2,17-19H,3-5H2,(H,15,16)(H,20,21). The Morgan fingerprint density at radius 2 is 1.67 bits per heavy atom. The van der Waals surface area contributed by atoms with E-state index in [1.165, 1.54) is 0 Å². The third-order valence-electron chi connectivity index (χ3n) is 2.71. The molecule has 1 rings (SSSR count). The highest BCUT2D eigenvalue weighted by Crippen LogP contribution is 2.30. The number of carboxylic acids is 1. The summed E-state index contributed by atoms with van der Waals surface area (Å²) in [7, 11) is 0. The summed E-state index contributed by atoms with van der Waals surface area (Å²) in [6.07, 6.45) is -4.80. The van der Waals surface area contributed by atoms with Crippen LogP contribution in [-0.4, -0.2) is 56.7 Å². The predicted octanol–water partition coefficient (Wildman–Crippen LogP) is -0.0738. The molecule has 0 saturated carbocycles. The minimum absolute atomic E-state index is 0.493. The summed E-state index contributed by atoms with van der Waals surface area (Å²) < 4.78 is 37.8. The summed E-state index contributed by atoms with van der Waals surface area (Å²) in [5.41, 5.74) is -3.75. The van der Waals surface area contributed by atoms with Gasteiger partial charge in [0.2, 0.25) is 0 Å². The smallest absolute Gasteiger partial charge is 0.433 e. The van der Waals surface area contributed by atoms with Gasteiger partial charge in [0.25, 0.3) is 0 Å². The molecule has 0 aliphatic rings. The molecule has 0 spiro atoms. The lowest BCUT2D eigenvalue weighted by atomic mass is 10.0. The van der Waals surface area contributed by atoms with Crippen molar-refractivity contribution in [2.45, 2.75) is 11.7 Å². The number of pyridine rings is 1. The molecule has 0 aliphatic heterocycles. The molecule has 1 aromatic rings. The molecule has 118 valence electrons. The van der Waals surface area contributed by atoms with Crippen LogP contribution in [0.3, 0.4) is 0 Å². The van der Waals surface area contributed by atoms with Gasteiger partial charge in [-0.1, -0.05) is 0 Å². The first-order valence-electron chi connectivity index (χ1n) is 5.61. The van der Waals surface area contributed by atoms with Gasteiger partial charge in [-0.2, -0.15) is 13.2 Å². The highest BCUT2D eigenvalue weighted by Gasteiger charge is 2.35. The maximum absolute atomic E-state index is 12.6. The van der Waals surface area contributed by atoms with E-state index < -0.39 is 54.6 Å². The van der Waals surface area contributed by atoms with E-state index in [1.54, 1.807) is 0 Å². The van der Waals surface area contributed by atoms with Crippen molar-refractivity contribution in [3.8, 4) is 0 Å². The van der Waals surface area contributed by atoms with Crippen LogP contribution in [0.15, 0.2) is 12.1 Å². The van der Waals surface area contributed by atoms with Crippen LogP contribution in [0.4, 0.5) is 19.0 Å². The molecule has 0 aromatic carbocycles. The fourth-order valence-electron chi connectivity index (χ4n) is 1.40. The van der Waals surface area contributed by atoms with E-state index in [4.69, 9.17) is 20.4 Å². The molecular weight excluding hydrogens is 297 g/mol. The Morgan fingerprint density at radius 3 is 2.05 bits per heavy atom. The molecule has 0 saturated heterocycles. The largest absolute Gasteiger partial charge is 0.478 e. The maximum Gasteiger partial charge on any atom is 0.433 e. The minimum atomic E-state index is -4.80. The summed E-state index contributed by atoms with van der Waals surface area (Å²) >= 11 is 0. The number of carboxylic acid groups (broad SMARTS) is 1. The van der Waals surface area contributed by atoms with Gasteiger partial charge in [-0.25, -0.2) is 9.78 Å². The van der Waals surface area contributed by atoms with Crippen molar-refractivity contribution in [3.63, 3.8) is 0 Å². The number of nitrogens with zero attached hydrogens (tertiary/aromatic N) is 1. The summed E-state index contributed by atoms with van der Waals surface area (Å²) in [6.45, 7) is -2.55. The maximum atomic E-state index is 12.6. The number of aromatic carboxylic acids is 1. The van der Waals surface area contributed by atoms with Gasteiger partial charge in [0.1, 0.15) is 22.6 Å². The van der Waals surface area contributed by atoms with E-state index in [9.17, 15) is 18.0 Å². The summed E-state index contributed by atoms with van der Waals surface area (Å²) in [6, 6.07) is 1.19. The Labute approximate surface area is 116 Å². The van der Waals surface area contributed by atoms with Crippen LogP contribution < -0.4 is 5.32 Å². The average molecular weight is 310 g/mol. The van der Waals surface area contributed by atoms with Crippen LogP contribution in [0.5, 0.6) is 0 Å². The molecule has 0 atom stereocenters. The molecule has 21 heavy (non-hydrogen) atoms. The van der Waals surface area contributed by atoms with Crippen LogP contribution in [0, 0.1) is 0 Å². The van der Waals surface area contributed by atoms with Gasteiger partial charge in [0, 0.05) is 0 Å². The molecule has 1 heterocycles. The van der Waals surface area contributed by atoms with Crippen molar-refractivity contribution in [3.05, 3.63) is 23.4 Å².